The second kappa shape index (κ2) is 8.49. The molecule has 1 aliphatic rings. The fourth-order valence-corrected chi connectivity index (χ4v) is 4.22. The molecule has 0 aliphatic heterocycles. The molecule has 0 bridgehead atoms. The highest BCUT2D eigenvalue weighted by atomic mass is 32.2. The molecule has 1 fully saturated rings. The highest BCUT2D eigenvalue weighted by molar-refractivity contribution is 7.89. The van der Waals surface area contributed by atoms with Gasteiger partial charge in [0, 0.05) is 31.8 Å². The van der Waals surface area contributed by atoms with Gasteiger partial charge in [-0.25, -0.2) is 17.2 Å². The van der Waals surface area contributed by atoms with Crippen LogP contribution in [0.2, 0.25) is 0 Å². The van der Waals surface area contributed by atoms with Crippen molar-refractivity contribution in [1.29, 1.82) is 0 Å². The average molecular weight is 422 g/mol. The Hall–Kier alpha value is -2.48. The second-order valence-electron chi connectivity index (χ2n) is 7.55. The van der Waals surface area contributed by atoms with Gasteiger partial charge in [0.15, 0.2) is 15.8 Å². The molecular formula is C21H25F2N3O2S. The number of hydrogen-bond acceptors (Lipinski definition) is 3. The van der Waals surface area contributed by atoms with Crippen LogP contribution in [0.5, 0.6) is 0 Å². The first kappa shape index (κ1) is 21.2. The molecule has 156 valence electrons. The van der Waals surface area contributed by atoms with Gasteiger partial charge in [-0.3, -0.25) is 4.99 Å². The SMILES string of the molecule is CN=C(NCc1cc(F)ccc1CS(C)(=O)=O)NCC1(c2cccc(F)c2)CC1. The molecule has 2 N–H and O–H groups in total. The largest absolute Gasteiger partial charge is 0.356 e. The first-order valence-corrected chi connectivity index (χ1v) is 11.4. The minimum Gasteiger partial charge on any atom is -0.356 e. The van der Waals surface area contributed by atoms with Gasteiger partial charge in [0.1, 0.15) is 11.6 Å². The van der Waals surface area contributed by atoms with Crippen molar-refractivity contribution < 1.29 is 17.2 Å². The van der Waals surface area contributed by atoms with E-state index in [2.05, 4.69) is 15.6 Å². The van der Waals surface area contributed by atoms with E-state index in [4.69, 9.17) is 0 Å². The van der Waals surface area contributed by atoms with Crippen LogP contribution in [-0.4, -0.2) is 34.2 Å². The van der Waals surface area contributed by atoms with Gasteiger partial charge in [-0.05, 0) is 53.8 Å². The predicted octanol–water partition coefficient (Wildman–Crippen LogP) is 2.91. The van der Waals surface area contributed by atoms with E-state index in [-0.39, 0.29) is 23.5 Å². The number of halogens is 2. The lowest BCUT2D eigenvalue weighted by Crippen LogP contribution is -2.41. The first-order chi connectivity index (χ1) is 13.7. The number of benzene rings is 2. The predicted molar refractivity (Wildman–Crippen MR) is 110 cm³/mol. The Bertz CT molecular complexity index is 1020. The molecule has 0 heterocycles. The van der Waals surface area contributed by atoms with Gasteiger partial charge in [-0.1, -0.05) is 18.2 Å². The van der Waals surface area contributed by atoms with Crippen LogP contribution < -0.4 is 10.6 Å². The summed E-state index contributed by atoms with van der Waals surface area (Å²) in [6.07, 6.45) is 3.07. The number of rotatable bonds is 7. The van der Waals surface area contributed by atoms with Crippen molar-refractivity contribution in [2.24, 2.45) is 4.99 Å². The summed E-state index contributed by atoms with van der Waals surface area (Å²) in [5.74, 6) is -0.313. The van der Waals surface area contributed by atoms with Crippen LogP contribution in [0.15, 0.2) is 47.5 Å². The third-order valence-electron chi connectivity index (χ3n) is 5.14. The van der Waals surface area contributed by atoms with Crippen LogP contribution in [0.25, 0.3) is 0 Å². The maximum atomic E-state index is 13.7. The van der Waals surface area contributed by atoms with Crippen molar-refractivity contribution in [2.45, 2.75) is 30.6 Å². The van der Waals surface area contributed by atoms with E-state index in [0.717, 1.165) is 24.7 Å². The maximum absolute atomic E-state index is 13.7. The second-order valence-corrected chi connectivity index (χ2v) is 9.69. The van der Waals surface area contributed by atoms with Crippen molar-refractivity contribution in [3.8, 4) is 0 Å². The Morgan fingerprint density at radius 2 is 1.79 bits per heavy atom. The van der Waals surface area contributed by atoms with Gasteiger partial charge in [0.2, 0.25) is 0 Å². The third kappa shape index (κ3) is 5.76. The van der Waals surface area contributed by atoms with E-state index >= 15 is 0 Å². The zero-order valence-corrected chi connectivity index (χ0v) is 17.3. The van der Waals surface area contributed by atoms with Crippen molar-refractivity contribution in [3.05, 3.63) is 70.8 Å². The summed E-state index contributed by atoms with van der Waals surface area (Å²) < 4.78 is 50.5. The van der Waals surface area contributed by atoms with Crippen LogP contribution in [-0.2, 0) is 27.5 Å². The van der Waals surface area contributed by atoms with Crippen molar-refractivity contribution in [2.75, 3.05) is 19.8 Å². The van der Waals surface area contributed by atoms with Gasteiger partial charge in [0.05, 0.1) is 5.75 Å². The molecule has 1 saturated carbocycles. The van der Waals surface area contributed by atoms with E-state index < -0.39 is 15.7 Å². The molecule has 2 aromatic rings. The van der Waals surface area contributed by atoms with Crippen LogP contribution in [0.1, 0.15) is 29.5 Å². The quantitative estimate of drug-likeness (QED) is 0.533. The summed E-state index contributed by atoms with van der Waals surface area (Å²) in [4.78, 5) is 4.18. The number of hydrogen-bond donors (Lipinski definition) is 2. The number of sulfone groups is 1. The fourth-order valence-electron chi connectivity index (χ4n) is 3.37. The zero-order valence-electron chi connectivity index (χ0n) is 16.5. The first-order valence-electron chi connectivity index (χ1n) is 9.36. The lowest BCUT2D eigenvalue weighted by atomic mass is 9.96. The summed E-state index contributed by atoms with van der Waals surface area (Å²) in [5, 5.41) is 6.35. The normalized spacial score (nSPS) is 15.8. The van der Waals surface area contributed by atoms with Crippen molar-refractivity contribution >= 4 is 15.8 Å². The number of aliphatic imine (C=N–C) groups is 1. The summed E-state index contributed by atoms with van der Waals surface area (Å²) in [6.45, 7) is 0.824. The van der Waals surface area contributed by atoms with Gasteiger partial charge < -0.3 is 10.6 Å². The molecule has 0 spiro atoms. The molecule has 8 heteroatoms. The van der Waals surface area contributed by atoms with E-state index in [1.54, 1.807) is 19.2 Å². The Morgan fingerprint density at radius 1 is 1.07 bits per heavy atom. The van der Waals surface area contributed by atoms with E-state index in [0.29, 0.717) is 23.6 Å². The molecular weight excluding hydrogens is 396 g/mol. The molecule has 0 radical (unpaired) electrons. The molecule has 2 aromatic carbocycles. The molecule has 3 rings (SSSR count). The summed E-state index contributed by atoms with van der Waals surface area (Å²) in [6, 6.07) is 10.7. The molecule has 5 nitrogen and oxygen atoms in total. The van der Waals surface area contributed by atoms with E-state index in [9.17, 15) is 17.2 Å². The highest BCUT2D eigenvalue weighted by Gasteiger charge is 2.44. The summed E-state index contributed by atoms with van der Waals surface area (Å²) in [5.41, 5.74) is 1.96. The van der Waals surface area contributed by atoms with Gasteiger partial charge >= 0.3 is 0 Å². The lowest BCUT2D eigenvalue weighted by molar-refractivity contribution is 0.599. The number of nitrogens with zero attached hydrogens (tertiary/aromatic N) is 1. The molecule has 29 heavy (non-hydrogen) atoms. The fraction of sp³-hybridized carbons (Fsp3) is 0.381. The minimum absolute atomic E-state index is 0.111. The van der Waals surface area contributed by atoms with Crippen molar-refractivity contribution in [3.63, 3.8) is 0 Å². The van der Waals surface area contributed by atoms with Crippen LogP contribution in [0.3, 0.4) is 0 Å². The Labute approximate surface area is 170 Å². The standard InChI is InChI=1S/C21H25F2N3O2S/c1-24-20(26-14-21(8-9-21)17-4-3-5-18(22)11-17)25-12-16-10-19(23)7-6-15(16)13-29(2,27)28/h3-7,10-11H,8-9,12-14H2,1-2H3,(H2,24,25,26). The van der Waals surface area contributed by atoms with Crippen LogP contribution in [0.4, 0.5) is 8.78 Å². The molecule has 0 aromatic heterocycles. The Morgan fingerprint density at radius 3 is 2.41 bits per heavy atom. The van der Waals surface area contributed by atoms with Gasteiger partial charge in [-0.15, -0.1) is 0 Å². The van der Waals surface area contributed by atoms with E-state index in [1.165, 1.54) is 24.3 Å². The molecule has 0 unspecified atom stereocenters. The smallest absolute Gasteiger partial charge is 0.191 e. The highest BCUT2D eigenvalue weighted by Crippen LogP contribution is 2.47. The summed E-state index contributed by atoms with van der Waals surface area (Å²) in [7, 11) is -1.61. The maximum Gasteiger partial charge on any atom is 0.191 e. The number of guanidine groups is 1. The molecule has 0 amide bonds. The van der Waals surface area contributed by atoms with Gasteiger partial charge in [-0.2, -0.15) is 0 Å². The lowest BCUT2D eigenvalue weighted by Gasteiger charge is -2.19. The van der Waals surface area contributed by atoms with Crippen LogP contribution >= 0.6 is 0 Å². The minimum atomic E-state index is -3.24. The van der Waals surface area contributed by atoms with E-state index in [1.807, 2.05) is 6.07 Å². The monoisotopic (exact) mass is 421 g/mol. The topological polar surface area (TPSA) is 70.6 Å². The van der Waals surface area contributed by atoms with Gasteiger partial charge in [0.25, 0.3) is 0 Å². The Balaban J connectivity index is 1.64. The molecule has 0 saturated heterocycles. The Kier molecular flexibility index (Phi) is 6.21. The third-order valence-corrected chi connectivity index (χ3v) is 5.98. The molecule has 1 aliphatic carbocycles. The molecule has 0 atom stereocenters. The van der Waals surface area contributed by atoms with Crippen LogP contribution in [0, 0.1) is 11.6 Å². The summed E-state index contributed by atoms with van der Waals surface area (Å²) >= 11 is 0. The average Bonchev–Trinajstić information content (AvgIpc) is 3.44. The number of nitrogens with one attached hydrogen (secondary N) is 2. The zero-order chi connectivity index (χ0) is 21.1. The van der Waals surface area contributed by atoms with Crippen molar-refractivity contribution in [1.82, 2.24) is 10.6 Å².